The van der Waals surface area contributed by atoms with E-state index in [4.69, 9.17) is 35.1 Å². The molecule has 0 aliphatic rings. The van der Waals surface area contributed by atoms with E-state index in [0.29, 0.717) is 0 Å². The zero-order valence-corrected chi connectivity index (χ0v) is 9.85. The van der Waals surface area contributed by atoms with Gasteiger partial charge in [-0.2, -0.15) is 0 Å². The lowest BCUT2D eigenvalue weighted by Gasteiger charge is -1.96. The summed E-state index contributed by atoms with van der Waals surface area (Å²) in [6.07, 6.45) is 4.13. The van der Waals surface area contributed by atoms with Gasteiger partial charge in [-0.25, -0.2) is 4.79 Å². The van der Waals surface area contributed by atoms with Gasteiger partial charge in [-0.3, -0.25) is 0 Å². The van der Waals surface area contributed by atoms with E-state index in [0.717, 1.165) is 0 Å². The summed E-state index contributed by atoms with van der Waals surface area (Å²) in [6, 6.07) is 0. The Bertz CT molecular complexity index is 183. The van der Waals surface area contributed by atoms with Crippen molar-refractivity contribution in [3.63, 3.8) is 0 Å². The molecule has 7 nitrogen and oxygen atoms in total. The average molecular weight is 252 g/mol. The molecule has 0 saturated heterocycles. The van der Waals surface area contributed by atoms with Crippen LogP contribution in [0.1, 0.15) is 13.8 Å². The van der Waals surface area contributed by atoms with E-state index in [2.05, 4.69) is 0 Å². The fourth-order valence-electron chi connectivity index (χ4n) is 0.260. The number of carbonyl (C=O) groups is 1. The quantitative estimate of drug-likeness (QED) is 0.464. The Balaban J connectivity index is -0.000000180. The Morgan fingerprint density at radius 3 is 1.53 bits per heavy atom. The van der Waals surface area contributed by atoms with Crippen molar-refractivity contribution in [1.29, 1.82) is 0 Å². The molecule has 0 aromatic carbocycles. The minimum atomic E-state index is -1.83. The maximum absolute atomic E-state index is 8.56. The molecule has 0 radical (unpaired) electrons. The molecule has 0 spiro atoms. The lowest BCUT2D eigenvalue weighted by Crippen LogP contribution is -2.15. The number of hydrogen-bond acceptors (Lipinski definition) is 5. The van der Waals surface area contributed by atoms with Crippen molar-refractivity contribution in [2.75, 3.05) is 13.2 Å². The number of hydrogen-bond donors (Lipinski definition) is 5. The Hall–Kier alpha value is -1.57. The zero-order chi connectivity index (χ0) is 14.1. The third-order valence-electron chi connectivity index (χ3n) is 0.851. The Morgan fingerprint density at radius 2 is 1.41 bits per heavy atom. The first-order chi connectivity index (χ1) is 7.95. The third kappa shape index (κ3) is 53.9. The number of allylic oxidation sites excluding steroid dienone is 2. The summed E-state index contributed by atoms with van der Waals surface area (Å²) in [5.41, 5.74) is 0. The zero-order valence-electron chi connectivity index (χ0n) is 9.85. The van der Waals surface area contributed by atoms with Crippen molar-refractivity contribution in [1.82, 2.24) is 0 Å². The van der Waals surface area contributed by atoms with E-state index in [1.54, 1.807) is 12.5 Å². The molecule has 102 valence electrons. The van der Waals surface area contributed by atoms with Crippen LogP contribution >= 0.6 is 0 Å². The molecule has 0 heterocycles. The Kier molecular flexibility index (Phi) is 24.4. The van der Waals surface area contributed by atoms with Crippen molar-refractivity contribution in [3.8, 4) is 0 Å². The number of aliphatic hydroxyl groups is 3. The van der Waals surface area contributed by atoms with Gasteiger partial charge < -0.3 is 30.3 Å². The highest BCUT2D eigenvalue weighted by Crippen LogP contribution is 1.76. The van der Waals surface area contributed by atoms with E-state index in [1.165, 1.54) is 0 Å². The molecule has 0 fully saturated rings. The van der Waals surface area contributed by atoms with Crippen LogP contribution in [0.3, 0.4) is 0 Å². The van der Waals surface area contributed by atoms with Crippen molar-refractivity contribution in [3.05, 3.63) is 24.7 Å². The smallest absolute Gasteiger partial charge is 0.473 e. The van der Waals surface area contributed by atoms with Crippen molar-refractivity contribution in [2.24, 2.45) is 0 Å². The lowest BCUT2D eigenvalue weighted by atomic mass is 10.4. The second-order valence-corrected chi connectivity index (χ2v) is 2.38. The van der Waals surface area contributed by atoms with E-state index < -0.39 is 12.3 Å². The van der Waals surface area contributed by atoms with Crippen LogP contribution in [0.15, 0.2) is 24.7 Å². The molecule has 0 aliphatic heterocycles. The second kappa shape index (κ2) is 19.9. The SMILES string of the molecule is CC=COC=CC.O=C(O)O.OCC(O)CO. The third-order valence-corrected chi connectivity index (χ3v) is 0.851. The van der Waals surface area contributed by atoms with Crippen LogP contribution in [-0.2, 0) is 4.74 Å². The normalized spacial score (nSPS) is 9.53. The highest BCUT2D eigenvalue weighted by molar-refractivity contribution is 5.53. The minimum absolute atomic E-state index is 0.365. The molecule has 0 atom stereocenters. The van der Waals surface area contributed by atoms with E-state index in [1.807, 2.05) is 26.0 Å². The molecule has 0 rings (SSSR count). The van der Waals surface area contributed by atoms with Crippen LogP contribution < -0.4 is 0 Å². The highest BCUT2D eigenvalue weighted by Gasteiger charge is 1.93. The lowest BCUT2D eigenvalue weighted by molar-refractivity contribution is 0.0450. The summed E-state index contributed by atoms with van der Waals surface area (Å²) in [5, 5.41) is 38.0. The summed E-state index contributed by atoms with van der Waals surface area (Å²) in [7, 11) is 0. The first-order valence-electron chi connectivity index (χ1n) is 4.65. The standard InChI is InChI=1S/C6H10O.C3H8O3.CH2O3/c1-3-5-7-6-4-2;4-1-3(6)2-5;2-1(3)4/h3-6H,1-2H3;3-6H,1-2H2;(H2,2,3,4). The summed E-state index contributed by atoms with van der Waals surface area (Å²) in [4.78, 5) is 8.56. The molecule has 7 heteroatoms. The van der Waals surface area contributed by atoms with Crippen molar-refractivity contribution < 1.29 is 35.1 Å². The molecular weight excluding hydrogens is 232 g/mol. The number of aliphatic hydroxyl groups excluding tert-OH is 3. The molecule has 0 aliphatic carbocycles. The molecular formula is C10H20O7. The van der Waals surface area contributed by atoms with E-state index in [9.17, 15) is 0 Å². The maximum Gasteiger partial charge on any atom is 0.503 e. The van der Waals surface area contributed by atoms with Gasteiger partial charge in [-0.15, -0.1) is 0 Å². The van der Waals surface area contributed by atoms with Gasteiger partial charge in [0.1, 0.15) is 6.10 Å². The average Bonchev–Trinajstić information content (AvgIpc) is 2.29. The molecule has 0 amide bonds. The molecule has 0 aromatic rings. The van der Waals surface area contributed by atoms with Crippen LogP contribution in [0.4, 0.5) is 4.79 Å². The number of carboxylic acid groups (broad SMARTS) is 2. The summed E-state index contributed by atoms with van der Waals surface area (Å²) in [5.74, 6) is 0. The predicted molar refractivity (Wildman–Crippen MR) is 61.5 cm³/mol. The molecule has 0 saturated carbocycles. The molecule has 0 unspecified atom stereocenters. The number of ether oxygens (including phenoxy) is 1. The van der Waals surface area contributed by atoms with Crippen LogP contribution in [0.25, 0.3) is 0 Å². The van der Waals surface area contributed by atoms with Crippen LogP contribution in [0, 0.1) is 0 Å². The van der Waals surface area contributed by atoms with Crippen molar-refractivity contribution in [2.45, 2.75) is 20.0 Å². The van der Waals surface area contributed by atoms with Gasteiger partial charge >= 0.3 is 6.16 Å². The van der Waals surface area contributed by atoms with Gasteiger partial charge in [-0.1, -0.05) is 12.2 Å². The van der Waals surface area contributed by atoms with Gasteiger partial charge in [0.2, 0.25) is 0 Å². The van der Waals surface area contributed by atoms with Crippen molar-refractivity contribution >= 4 is 6.16 Å². The summed E-state index contributed by atoms with van der Waals surface area (Å²) in [6.45, 7) is 3.08. The Labute approximate surface area is 99.9 Å². The van der Waals surface area contributed by atoms with E-state index >= 15 is 0 Å². The molecule has 0 bridgehead atoms. The highest BCUT2D eigenvalue weighted by atomic mass is 16.6. The topological polar surface area (TPSA) is 127 Å². The predicted octanol–water partition coefficient (Wildman–Crippen LogP) is 0.625. The minimum Gasteiger partial charge on any atom is -0.473 e. The fourth-order valence-corrected chi connectivity index (χ4v) is 0.260. The van der Waals surface area contributed by atoms with Gasteiger partial charge in [0.15, 0.2) is 0 Å². The van der Waals surface area contributed by atoms with Crippen LogP contribution in [0.5, 0.6) is 0 Å². The van der Waals surface area contributed by atoms with E-state index in [-0.39, 0.29) is 13.2 Å². The molecule has 17 heavy (non-hydrogen) atoms. The van der Waals surface area contributed by atoms with Crippen LogP contribution in [0.2, 0.25) is 0 Å². The summed E-state index contributed by atoms with van der Waals surface area (Å²) >= 11 is 0. The summed E-state index contributed by atoms with van der Waals surface area (Å²) < 4.78 is 4.77. The first-order valence-corrected chi connectivity index (χ1v) is 4.65. The van der Waals surface area contributed by atoms with Gasteiger partial charge in [0, 0.05) is 0 Å². The first kappa shape index (κ1) is 20.8. The van der Waals surface area contributed by atoms with Gasteiger partial charge in [0.05, 0.1) is 25.7 Å². The second-order valence-electron chi connectivity index (χ2n) is 2.38. The maximum atomic E-state index is 8.56. The fraction of sp³-hybridized carbons (Fsp3) is 0.500. The van der Waals surface area contributed by atoms with Gasteiger partial charge in [0.25, 0.3) is 0 Å². The van der Waals surface area contributed by atoms with Crippen LogP contribution in [-0.4, -0.2) is 51.0 Å². The largest absolute Gasteiger partial charge is 0.503 e. The number of rotatable bonds is 4. The molecule has 0 aromatic heterocycles. The Morgan fingerprint density at radius 1 is 1.12 bits per heavy atom. The van der Waals surface area contributed by atoms with Gasteiger partial charge in [-0.05, 0) is 13.8 Å². The monoisotopic (exact) mass is 252 g/mol. The molecule has 5 N–H and O–H groups in total.